The van der Waals surface area contributed by atoms with Gasteiger partial charge in [0.05, 0.1) is 22.6 Å². The summed E-state index contributed by atoms with van der Waals surface area (Å²) >= 11 is 0. The zero-order valence-electron chi connectivity index (χ0n) is 20.3. The lowest BCUT2D eigenvalue weighted by molar-refractivity contribution is -0.120. The van der Waals surface area contributed by atoms with Crippen LogP contribution >= 0.6 is 0 Å². The zero-order chi connectivity index (χ0) is 25.6. The molecule has 1 aliphatic carbocycles. The highest BCUT2D eigenvalue weighted by Crippen LogP contribution is 2.51. The van der Waals surface area contributed by atoms with Gasteiger partial charge in [0.2, 0.25) is 16.8 Å². The molecule has 3 aliphatic rings. The first-order chi connectivity index (χ1) is 17.9. The third-order valence-electron chi connectivity index (χ3n) is 7.69. The van der Waals surface area contributed by atoms with Crippen molar-refractivity contribution in [3.8, 4) is 22.8 Å². The van der Waals surface area contributed by atoms with Gasteiger partial charge in [0.1, 0.15) is 5.78 Å². The number of carbonyl (C=O) groups excluding carboxylic acids is 1. The first-order valence-electron chi connectivity index (χ1n) is 12.5. The van der Waals surface area contributed by atoms with Crippen LogP contribution in [0.1, 0.15) is 36.8 Å². The molecule has 1 atom stereocenters. The summed E-state index contributed by atoms with van der Waals surface area (Å²) in [5.41, 5.74) is 2.83. The maximum atomic E-state index is 13.3. The van der Waals surface area contributed by atoms with Crippen molar-refractivity contribution in [3.63, 3.8) is 0 Å². The second-order valence-electron chi connectivity index (χ2n) is 9.92. The summed E-state index contributed by atoms with van der Waals surface area (Å²) in [5.74, 6) is 1.57. The molecule has 192 valence electrons. The monoisotopic (exact) mass is 520 g/mol. The SMILES string of the molecule is O=C(Cc1ccc(-c2ccc(S(=O)(=O)N3CCC[C@@H]3CO)cc2)nc1)C1(c2ccc3c(c2)OCO3)CC1. The minimum atomic E-state index is -3.65. The maximum absolute atomic E-state index is 13.3. The number of hydrogen-bond acceptors (Lipinski definition) is 7. The van der Waals surface area contributed by atoms with E-state index >= 15 is 0 Å². The molecular formula is C28H28N2O6S. The van der Waals surface area contributed by atoms with Crippen LogP contribution in [0.3, 0.4) is 0 Å². The number of aromatic nitrogens is 1. The summed E-state index contributed by atoms with van der Waals surface area (Å²) in [4.78, 5) is 18.0. The van der Waals surface area contributed by atoms with E-state index in [0.29, 0.717) is 36.6 Å². The Morgan fingerprint density at radius 3 is 2.54 bits per heavy atom. The number of ether oxygens (including phenoxy) is 2. The van der Waals surface area contributed by atoms with E-state index in [1.807, 2.05) is 30.3 Å². The number of carbonyl (C=O) groups is 1. The number of pyridine rings is 1. The highest BCUT2D eigenvalue weighted by atomic mass is 32.2. The number of hydrogen-bond donors (Lipinski definition) is 1. The fourth-order valence-corrected chi connectivity index (χ4v) is 7.03. The molecule has 37 heavy (non-hydrogen) atoms. The van der Waals surface area contributed by atoms with E-state index in [4.69, 9.17) is 9.47 Å². The molecule has 1 saturated heterocycles. The largest absolute Gasteiger partial charge is 0.454 e. The van der Waals surface area contributed by atoms with Crippen LogP contribution in [0.25, 0.3) is 11.3 Å². The van der Waals surface area contributed by atoms with Crippen LogP contribution in [0, 0.1) is 0 Å². The van der Waals surface area contributed by atoms with Crippen molar-refractivity contribution in [2.24, 2.45) is 0 Å². The number of ketones is 1. The first-order valence-corrected chi connectivity index (χ1v) is 14.0. The summed E-state index contributed by atoms with van der Waals surface area (Å²) in [6, 6.07) is 15.8. The summed E-state index contributed by atoms with van der Waals surface area (Å²) in [6.45, 7) is 0.458. The van der Waals surface area contributed by atoms with Gasteiger partial charge in [-0.2, -0.15) is 4.31 Å². The molecule has 0 radical (unpaired) electrons. The average Bonchev–Trinajstić information content (AvgIpc) is 3.35. The Morgan fingerprint density at radius 1 is 1.05 bits per heavy atom. The van der Waals surface area contributed by atoms with Gasteiger partial charge in [0.25, 0.3) is 0 Å². The van der Waals surface area contributed by atoms with Gasteiger partial charge >= 0.3 is 0 Å². The first kappa shape index (κ1) is 24.1. The minimum Gasteiger partial charge on any atom is -0.454 e. The lowest BCUT2D eigenvalue weighted by atomic mass is 9.88. The molecule has 1 N–H and O–H groups in total. The van der Waals surface area contributed by atoms with Crippen molar-refractivity contribution in [2.45, 2.75) is 48.5 Å². The summed E-state index contributed by atoms with van der Waals surface area (Å²) in [6.07, 6.45) is 5.07. The molecule has 8 nitrogen and oxygen atoms in total. The van der Waals surface area contributed by atoms with Crippen LogP contribution in [-0.4, -0.2) is 54.6 Å². The molecule has 2 aliphatic heterocycles. The van der Waals surface area contributed by atoms with Crippen LogP contribution < -0.4 is 9.47 Å². The molecule has 1 aromatic heterocycles. The molecule has 6 rings (SSSR count). The highest BCUT2D eigenvalue weighted by Gasteiger charge is 2.50. The molecule has 9 heteroatoms. The topological polar surface area (TPSA) is 106 Å². The molecular weight excluding hydrogens is 492 g/mol. The van der Waals surface area contributed by atoms with E-state index < -0.39 is 15.4 Å². The molecule has 0 unspecified atom stereocenters. The Bertz CT molecular complexity index is 1430. The van der Waals surface area contributed by atoms with Crippen molar-refractivity contribution >= 4 is 15.8 Å². The van der Waals surface area contributed by atoms with Gasteiger partial charge in [0, 0.05) is 30.8 Å². The predicted octanol–water partition coefficient (Wildman–Crippen LogP) is 3.47. The maximum Gasteiger partial charge on any atom is 0.243 e. The number of nitrogens with zero attached hydrogens (tertiary/aromatic N) is 2. The van der Waals surface area contributed by atoms with Gasteiger partial charge in [0.15, 0.2) is 11.5 Å². The Morgan fingerprint density at radius 2 is 1.84 bits per heavy atom. The van der Waals surface area contributed by atoms with E-state index in [1.54, 1.807) is 30.5 Å². The standard InChI is InChI=1S/C28H28N2O6S/c31-17-22-2-1-13-30(22)37(33,34)23-7-4-20(5-8-23)24-9-3-19(16-29-24)14-27(32)28(11-12-28)21-6-10-25-26(15-21)36-18-35-25/h3-10,15-16,22,31H,1-2,11-14,17-18H2/t22-/m1/s1. The fraction of sp³-hybridized carbons (Fsp3) is 0.357. The van der Waals surface area contributed by atoms with Gasteiger partial charge in [-0.15, -0.1) is 0 Å². The van der Waals surface area contributed by atoms with Crippen LogP contribution in [0.4, 0.5) is 0 Å². The average molecular weight is 521 g/mol. The van der Waals surface area contributed by atoms with E-state index in [2.05, 4.69) is 4.98 Å². The Balaban J connectivity index is 1.14. The minimum absolute atomic E-state index is 0.165. The van der Waals surface area contributed by atoms with Crippen LogP contribution in [-0.2, 0) is 26.7 Å². The lowest BCUT2D eigenvalue weighted by Crippen LogP contribution is -2.37. The molecule has 2 fully saturated rings. The van der Waals surface area contributed by atoms with Crippen LogP contribution in [0.5, 0.6) is 11.5 Å². The zero-order valence-corrected chi connectivity index (χ0v) is 21.1. The number of sulfonamides is 1. The summed E-state index contributed by atoms with van der Waals surface area (Å²) in [7, 11) is -3.65. The third-order valence-corrected chi connectivity index (χ3v) is 9.65. The normalized spacial score (nSPS) is 20.2. The van der Waals surface area contributed by atoms with E-state index in [1.165, 1.54) is 4.31 Å². The Hall–Kier alpha value is -3.27. The molecule has 1 saturated carbocycles. The summed E-state index contributed by atoms with van der Waals surface area (Å²) < 4.78 is 38.3. The number of benzene rings is 2. The van der Waals surface area contributed by atoms with Crippen molar-refractivity contribution in [1.29, 1.82) is 0 Å². The van der Waals surface area contributed by atoms with Gasteiger partial charge < -0.3 is 14.6 Å². The number of Topliss-reactive ketones (excluding diaryl/α,β-unsaturated/α-hetero) is 1. The van der Waals surface area contributed by atoms with E-state index in [-0.39, 0.29) is 30.1 Å². The highest BCUT2D eigenvalue weighted by molar-refractivity contribution is 7.89. The second-order valence-corrected chi connectivity index (χ2v) is 11.8. The molecule has 0 amide bonds. The number of fused-ring (bicyclic) bond motifs is 1. The molecule has 0 spiro atoms. The Labute approximate surface area is 215 Å². The number of aliphatic hydroxyl groups excluding tert-OH is 1. The van der Waals surface area contributed by atoms with Crippen molar-refractivity contribution < 1.29 is 27.8 Å². The van der Waals surface area contributed by atoms with E-state index in [9.17, 15) is 18.3 Å². The molecule has 3 heterocycles. The van der Waals surface area contributed by atoms with Gasteiger partial charge in [-0.1, -0.05) is 24.3 Å². The number of rotatable bonds is 8. The molecule has 2 aromatic carbocycles. The van der Waals surface area contributed by atoms with Gasteiger partial charge in [-0.3, -0.25) is 9.78 Å². The lowest BCUT2D eigenvalue weighted by Gasteiger charge is -2.22. The third kappa shape index (κ3) is 4.31. The van der Waals surface area contributed by atoms with Crippen molar-refractivity contribution in [3.05, 3.63) is 71.9 Å². The van der Waals surface area contributed by atoms with Crippen LogP contribution in [0.2, 0.25) is 0 Å². The van der Waals surface area contributed by atoms with E-state index in [0.717, 1.165) is 36.0 Å². The van der Waals surface area contributed by atoms with Gasteiger partial charge in [-0.25, -0.2) is 8.42 Å². The fourth-order valence-electron chi connectivity index (χ4n) is 5.34. The second kappa shape index (κ2) is 9.24. The van der Waals surface area contributed by atoms with Gasteiger partial charge in [-0.05, 0) is 67.1 Å². The molecule has 0 bridgehead atoms. The predicted molar refractivity (Wildman–Crippen MR) is 136 cm³/mol. The van der Waals surface area contributed by atoms with Crippen molar-refractivity contribution in [2.75, 3.05) is 19.9 Å². The Kier molecular flexibility index (Phi) is 6.01. The van der Waals surface area contributed by atoms with Crippen molar-refractivity contribution in [1.82, 2.24) is 9.29 Å². The quantitative estimate of drug-likeness (QED) is 0.485. The summed E-state index contributed by atoms with van der Waals surface area (Å²) in [5, 5.41) is 9.51. The van der Waals surface area contributed by atoms with Crippen LogP contribution in [0.15, 0.2) is 65.7 Å². The number of aliphatic hydroxyl groups is 1. The smallest absolute Gasteiger partial charge is 0.243 e. The molecule has 3 aromatic rings.